The second-order valence-corrected chi connectivity index (χ2v) is 7.33. The quantitative estimate of drug-likeness (QED) is 0.837. The highest BCUT2D eigenvalue weighted by Gasteiger charge is 2.41. The van der Waals surface area contributed by atoms with E-state index in [1.54, 1.807) is 7.11 Å². The zero-order valence-corrected chi connectivity index (χ0v) is 14.7. The Hall–Kier alpha value is -1.55. The first kappa shape index (κ1) is 16.3. The third kappa shape index (κ3) is 3.23. The number of ether oxygens (including phenoxy) is 1. The van der Waals surface area contributed by atoms with E-state index in [0.29, 0.717) is 23.9 Å². The molecule has 2 aliphatic rings. The van der Waals surface area contributed by atoms with Crippen molar-refractivity contribution >= 4 is 5.91 Å². The average molecular weight is 316 g/mol. The Morgan fingerprint density at radius 1 is 1.09 bits per heavy atom. The number of rotatable bonds is 5. The predicted molar refractivity (Wildman–Crippen MR) is 91.7 cm³/mol. The van der Waals surface area contributed by atoms with Gasteiger partial charge in [-0.25, -0.2) is 0 Å². The first-order valence-electron chi connectivity index (χ1n) is 8.56. The number of benzene rings is 1. The molecule has 4 heteroatoms. The van der Waals surface area contributed by atoms with Gasteiger partial charge in [0.25, 0.3) is 0 Å². The largest absolute Gasteiger partial charge is 0.497 e. The summed E-state index contributed by atoms with van der Waals surface area (Å²) >= 11 is 0. The van der Waals surface area contributed by atoms with Crippen LogP contribution in [-0.4, -0.2) is 56.0 Å². The van der Waals surface area contributed by atoms with Crippen LogP contribution in [0.4, 0.5) is 0 Å². The molecule has 0 unspecified atom stereocenters. The number of carbonyl (C=O) groups is 1. The molecule has 3 rings (SSSR count). The molecule has 0 N–H and O–H groups in total. The highest BCUT2D eigenvalue weighted by molar-refractivity contribution is 5.80. The van der Waals surface area contributed by atoms with Gasteiger partial charge in [0.15, 0.2) is 0 Å². The highest BCUT2D eigenvalue weighted by Crippen LogP contribution is 2.41. The molecule has 0 spiro atoms. The van der Waals surface area contributed by atoms with Crippen LogP contribution in [0.5, 0.6) is 5.75 Å². The molecule has 0 atom stereocenters. The molecule has 2 fully saturated rings. The van der Waals surface area contributed by atoms with Crippen LogP contribution in [0.25, 0.3) is 0 Å². The SMILES string of the molecule is COc1cccc(C2CC(N(C)C(=O)C3CC(N(C)C)C3)C2)c1. The molecule has 0 bridgehead atoms. The van der Waals surface area contributed by atoms with Gasteiger partial charge in [-0.05, 0) is 63.4 Å². The first-order valence-corrected chi connectivity index (χ1v) is 8.56. The maximum absolute atomic E-state index is 12.6. The van der Waals surface area contributed by atoms with Crippen LogP contribution in [-0.2, 0) is 4.79 Å². The standard InChI is InChI=1S/C19H28N2O2/c1-20(2)16-10-15(11-16)19(22)21(3)17-8-14(9-17)13-6-5-7-18(12-13)23-4/h5-7,12,14-17H,8-11H2,1-4H3. The maximum Gasteiger partial charge on any atom is 0.225 e. The molecule has 1 aromatic rings. The Morgan fingerprint density at radius 2 is 1.78 bits per heavy atom. The van der Waals surface area contributed by atoms with Gasteiger partial charge < -0.3 is 14.5 Å². The van der Waals surface area contributed by atoms with E-state index >= 15 is 0 Å². The van der Waals surface area contributed by atoms with E-state index in [-0.39, 0.29) is 5.92 Å². The van der Waals surface area contributed by atoms with Crippen LogP contribution < -0.4 is 4.74 Å². The Labute approximate surface area is 139 Å². The molecule has 0 aliphatic heterocycles. The van der Waals surface area contributed by atoms with E-state index in [1.807, 2.05) is 24.1 Å². The molecule has 1 amide bonds. The lowest BCUT2D eigenvalue weighted by molar-refractivity contribution is -0.142. The highest BCUT2D eigenvalue weighted by atomic mass is 16.5. The molecule has 23 heavy (non-hydrogen) atoms. The van der Waals surface area contributed by atoms with Gasteiger partial charge in [0.1, 0.15) is 5.75 Å². The molecule has 0 radical (unpaired) electrons. The monoisotopic (exact) mass is 316 g/mol. The summed E-state index contributed by atoms with van der Waals surface area (Å²) in [5, 5.41) is 0. The summed E-state index contributed by atoms with van der Waals surface area (Å²) in [6.45, 7) is 0. The number of nitrogens with zero attached hydrogens (tertiary/aromatic N) is 2. The average Bonchev–Trinajstić information content (AvgIpc) is 2.43. The molecule has 0 saturated heterocycles. The van der Waals surface area contributed by atoms with Crippen LogP contribution in [0.15, 0.2) is 24.3 Å². The van der Waals surface area contributed by atoms with Crippen molar-refractivity contribution in [1.29, 1.82) is 0 Å². The topological polar surface area (TPSA) is 32.8 Å². The van der Waals surface area contributed by atoms with Gasteiger partial charge in [-0.15, -0.1) is 0 Å². The minimum absolute atomic E-state index is 0.239. The Kier molecular flexibility index (Phi) is 4.62. The zero-order valence-electron chi connectivity index (χ0n) is 14.7. The fraction of sp³-hybridized carbons (Fsp3) is 0.632. The molecule has 126 valence electrons. The molecule has 0 aromatic heterocycles. The van der Waals surface area contributed by atoms with E-state index in [0.717, 1.165) is 31.4 Å². The Bertz CT molecular complexity index is 560. The van der Waals surface area contributed by atoms with Crippen molar-refractivity contribution in [2.75, 3.05) is 28.3 Å². The van der Waals surface area contributed by atoms with E-state index in [2.05, 4.69) is 31.1 Å². The van der Waals surface area contributed by atoms with Gasteiger partial charge in [-0.3, -0.25) is 4.79 Å². The molecule has 4 nitrogen and oxygen atoms in total. The second kappa shape index (κ2) is 6.52. The van der Waals surface area contributed by atoms with E-state index in [4.69, 9.17) is 4.74 Å². The maximum atomic E-state index is 12.6. The fourth-order valence-electron chi connectivity index (χ4n) is 3.75. The van der Waals surface area contributed by atoms with Crippen molar-refractivity contribution in [2.24, 2.45) is 5.92 Å². The minimum atomic E-state index is 0.239. The normalized spacial score (nSPS) is 29.6. The Morgan fingerprint density at radius 3 is 2.39 bits per heavy atom. The van der Waals surface area contributed by atoms with Crippen molar-refractivity contribution in [3.63, 3.8) is 0 Å². The van der Waals surface area contributed by atoms with Gasteiger partial charge in [0.05, 0.1) is 7.11 Å². The lowest BCUT2D eigenvalue weighted by atomic mass is 9.73. The smallest absolute Gasteiger partial charge is 0.225 e. The van der Waals surface area contributed by atoms with Crippen LogP contribution in [0.2, 0.25) is 0 Å². The summed E-state index contributed by atoms with van der Waals surface area (Å²) in [5.74, 6) is 2.06. The molecular formula is C19H28N2O2. The van der Waals surface area contributed by atoms with E-state index < -0.39 is 0 Å². The summed E-state index contributed by atoms with van der Waals surface area (Å²) in [7, 11) is 7.88. The summed E-state index contributed by atoms with van der Waals surface area (Å²) in [5.41, 5.74) is 1.33. The summed E-state index contributed by atoms with van der Waals surface area (Å²) in [6.07, 6.45) is 4.17. The number of carbonyl (C=O) groups excluding carboxylic acids is 1. The minimum Gasteiger partial charge on any atom is -0.497 e. The van der Waals surface area contributed by atoms with Gasteiger partial charge in [-0.2, -0.15) is 0 Å². The van der Waals surface area contributed by atoms with Crippen molar-refractivity contribution < 1.29 is 9.53 Å². The number of hydrogen-bond acceptors (Lipinski definition) is 3. The zero-order chi connectivity index (χ0) is 16.6. The van der Waals surface area contributed by atoms with Crippen molar-refractivity contribution in [1.82, 2.24) is 9.80 Å². The molecule has 0 heterocycles. The Balaban J connectivity index is 1.50. The summed E-state index contributed by atoms with van der Waals surface area (Å²) in [4.78, 5) is 16.8. The molecule has 2 saturated carbocycles. The van der Waals surface area contributed by atoms with Gasteiger partial charge in [-0.1, -0.05) is 12.1 Å². The van der Waals surface area contributed by atoms with Gasteiger partial charge >= 0.3 is 0 Å². The van der Waals surface area contributed by atoms with E-state index in [1.165, 1.54) is 5.56 Å². The third-order valence-corrected chi connectivity index (χ3v) is 5.77. The van der Waals surface area contributed by atoms with E-state index in [9.17, 15) is 4.79 Å². The molecule has 1 aromatic carbocycles. The van der Waals surface area contributed by atoms with Crippen LogP contribution in [0.3, 0.4) is 0 Å². The lowest BCUT2D eigenvalue weighted by Gasteiger charge is -2.46. The van der Waals surface area contributed by atoms with Crippen LogP contribution in [0.1, 0.15) is 37.2 Å². The molecular weight excluding hydrogens is 288 g/mol. The fourth-order valence-corrected chi connectivity index (χ4v) is 3.75. The number of amides is 1. The van der Waals surface area contributed by atoms with Crippen LogP contribution in [0, 0.1) is 5.92 Å². The first-order chi connectivity index (χ1) is 11.0. The lowest BCUT2D eigenvalue weighted by Crippen LogP contribution is -2.52. The summed E-state index contributed by atoms with van der Waals surface area (Å²) < 4.78 is 5.30. The third-order valence-electron chi connectivity index (χ3n) is 5.77. The predicted octanol–water partition coefficient (Wildman–Crippen LogP) is 2.74. The number of hydrogen-bond donors (Lipinski definition) is 0. The van der Waals surface area contributed by atoms with Crippen molar-refractivity contribution in [3.05, 3.63) is 29.8 Å². The number of methoxy groups -OCH3 is 1. The van der Waals surface area contributed by atoms with Crippen molar-refractivity contribution in [3.8, 4) is 5.75 Å². The van der Waals surface area contributed by atoms with Gasteiger partial charge in [0, 0.05) is 25.0 Å². The second-order valence-electron chi connectivity index (χ2n) is 7.33. The van der Waals surface area contributed by atoms with Gasteiger partial charge in [0.2, 0.25) is 5.91 Å². The van der Waals surface area contributed by atoms with Crippen molar-refractivity contribution in [2.45, 2.75) is 43.7 Å². The summed E-state index contributed by atoms with van der Waals surface area (Å²) in [6, 6.07) is 9.30. The van der Waals surface area contributed by atoms with Crippen LogP contribution >= 0.6 is 0 Å². The molecule has 2 aliphatic carbocycles.